The van der Waals surface area contributed by atoms with E-state index < -0.39 is 0 Å². The summed E-state index contributed by atoms with van der Waals surface area (Å²) in [6.45, 7) is 0. The fraction of sp³-hybridized carbons (Fsp3) is 0.0909. The molecule has 0 aromatic carbocycles. The van der Waals surface area contributed by atoms with E-state index in [1.165, 1.54) is 11.8 Å². The van der Waals surface area contributed by atoms with Crippen LogP contribution in [0, 0.1) is 16.7 Å². The number of nitriles is 1. The van der Waals surface area contributed by atoms with Crippen molar-refractivity contribution < 1.29 is 0 Å². The maximum atomic E-state index is 9.11. The number of aromatic nitrogens is 1. The zero-order valence-corrected chi connectivity index (χ0v) is 10.5. The van der Waals surface area contributed by atoms with Gasteiger partial charge in [-0.3, -0.25) is 5.41 Å². The van der Waals surface area contributed by atoms with Crippen molar-refractivity contribution in [2.45, 2.75) is 5.75 Å². The molecule has 2 aromatic rings. The second kappa shape index (κ2) is 5.62. The van der Waals surface area contributed by atoms with Crippen molar-refractivity contribution >= 4 is 34.9 Å². The standard InChI is InChI=1S/C11H10N4S.ClH/c12-5-9-8(7-16-11(13)14)6-15-4-2-1-3-10(9)15;/h1-4,6H,7H2,(H3,13,14);1H. The fourth-order valence-corrected chi connectivity index (χ4v) is 2.10. The third kappa shape index (κ3) is 2.73. The van der Waals surface area contributed by atoms with Crippen LogP contribution < -0.4 is 5.73 Å². The van der Waals surface area contributed by atoms with E-state index in [4.69, 9.17) is 16.4 Å². The van der Waals surface area contributed by atoms with Crippen LogP contribution in [-0.2, 0) is 5.75 Å². The average molecular weight is 267 g/mol. The van der Waals surface area contributed by atoms with Crippen LogP contribution >= 0.6 is 24.2 Å². The Morgan fingerprint density at radius 1 is 1.53 bits per heavy atom. The number of nitrogens with zero attached hydrogens (tertiary/aromatic N) is 2. The molecule has 3 N–H and O–H groups in total. The molecule has 0 saturated carbocycles. The predicted molar refractivity (Wildman–Crippen MR) is 72.6 cm³/mol. The molecule has 6 heteroatoms. The predicted octanol–water partition coefficient (Wildman–Crippen LogP) is 2.36. The maximum Gasteiger partial charge on any atom is 0.151 e. The molecule has 0 atom stereocenters. The number of halogens is 1. The van der Waals surface area contributed by atoms with Gasteiger partial charge in [-0.1, -0.05) is 17.8 Å². The zero-order chi connectivity index (χ0) is 11.5. The number of thioether (sulfide) groups is 1. The summed E-state index contributed by atoms with van der Waals surface area (Å²) in [5, 5.41) is 16.3. The third-order valence-electron chi connectivity index (χ3n) is 2.26. The Bertz CT molecular complexity index is 585. The van der Waals surface area contributed by atoms with Gasteiger partial charge >= 0.3 is 0 Å². The first-order chi connectivity index (χ1) is 7.72. The minimum atomic E-state index is 0. The number of pyridine rings is 1. The normalized spacial score (nSPS) is 9.59. The van der Waals surface area contributed by atoms with Crippen LogP contribution in [0.1, 0.15) is 11.1 Å². The monoisotopic (exact) mass is 266 g/mol. The number of amidine groups is 1. The lowest BCUT2D eigenvalue weighted by atomic mass is 10.2. The molecule has 0 fully saturated rings. The summed E-state index contributed by atoms with van der Waals surface area (Å²) < 4.78 is 1.91. The maximum absolute atomic E-state index is 9.11. The van der Waals surface area contributed by atoms with Gasteiger partial charge in [-0.2, -0.15) is 5.26 Å². The van der Waals surface area contributed by atoms with Crippen LogP contribution in [0.4, 0.5) is 0 Å². The highest BCUT2D eigenvalue weighted by Crippen LogP contribution is 2.21. The minimum Gasteiger partial charge on any atom is -0.379 e. The van der Waals surface area contributed by atoms with Crippen molar-refractivity contribution in [3.05, 3.63) is 41.7 Å². The Morgan fingerprint density at radius 2 is 2.29 bits per heavy atom. The van der Waals surface area contributed by atoms with Crippen LogP contribution in [-0.4, -0.2) is 9.57 Å². The molecule has 0 aliphatic carbocycles. The van der Waals surface area contributed by atoms with E-state index in [0.29, 0.717) is 11.3 Å². The summed E-state index contributed by atoms with van der Waals surface area (Å²) in [5.74, 6) is 0.555. The molecule has 0 saturated heterocycles. The van der Waals surface area contributed by atoms with Gasteiger partial charge in [0, 0.05) is 18.1 Å². The van der Waals surface area contributed by atoms with Gasteiger partial charge in [0.25, 0.3) is 0 Å². The molecule has 0 spiro atoms. The summed E-state index contributed by atoms with van der Waals surface area (Å²) in [4.78, 5) is 0. The lowest BCUT2D eigenvalue weighted by molar-refractivity contribution is 1.18. The number of nitrogens with one attached hydrogen (secondary N) is 1. The Kier molecular flexibility index (Phi) is 4.44. The SMILES string of the molecule is Cl.N#Cc1c(CSC(=N)N)cn2ccccc12. The van der Waals surface area contributed by atoms with E-state index >= 15 is 0 Å². The first-order valence-corrected chi connectivity index (χ1v) is 5.66. The van der Waals surface area contributed by atoms with Crippen LogP contribution in [0.2, 0.25) is 0 Å². The molecule has 2 aromatic heterocycles. The number of rotatable bonds is 2. The molecule has 0 unspecified atom stereocenters. The van der Waals surface area contributed by atoms with Crippen molar-refractivity contribution in [2.24, 2.45) is 5.73 Å². The quantitative estimate of drug-likeness (QED) is 0.647. The van der Waals surface area contributed by atoms with Gasteiger partial charge in [0.1, 0.15) is 6.07 Å². The number of nitrogens with two attached hydrogens (primary N) is 1. The Hall–Kier alpha value is -1.64. The van der Waals surface area contributed by atoms with E-state index in [2.05, 4.69) is 6.07 Å². The van der Waals surface area contributed by atoms with Crippen molar-refractivity contribution in [3.63, 3.8) is 0 Å². The number of hydrogen-bond acceptors (Lipinski definition) is 3. The van der Waals surface area contributed by atoms with Crippen LogP contribution in [0.15, 0.2) is 30.6 Å². The highest BCUT2D eigenvalue weighted by Gasteiger charge is 2.09. The molecule has 0 bridgehead atoms. The molecule has 0 amide bonds. The molecule has 0 aliphatic heterocycles. The summed E-state index contributed by atoms with van der Waals surface area (Å²) >= 11 is 1.23. The first-order valence-electron chi connectivity index (χ1n) is 4.68. The summed E-state index contributed by atoms with van der Waals surface area (Å²) in [6, 6.07) is 7.91. The van der Waals surface area contributed by atoms with Gasteiger partial charge in [-0.25, -0.2) is 0 Å². The smallest absolute Gasteiger partial charge is 0.151 e. The first kappa shape index (κ1) is 13.4. The molecule has 0 aliphatic rings. The summed E-state index contributed by atoms with van der Waals surface area (Å²) in [5.41, 5.74) is 7.75. The Balaban J connectivity index is 0.00000144. The second-order valence-corrected chi connectivity index (χ2v) is 4.30. The number of hydrogen-bond donors (Lipinski definition) is 2. The highest BCUT2D eigenvalue weighted by molar-refractivity contribution is 8.13. The van der Waals surface area contributed by atoms with E-state index in [-0.39, 0.29) is 17.6 Å². The molecular weight excluding hydrogens is 256 g/mol. The van der Waals surface area contributed by atoms with Gasteiger partial charge in [0.05, 0.1) is 11.1 Å². The largest absolute Gasteiger partial charge is 0.379 e. The lowest BCUT2D eigenvalue weighted by Gasteiger charge is -1.95. The Labute approximate surface area is 109 Å². The molecule has 17 heavy (non-hydrogen) atoms. The topological polar surface area (TPSA) is 78.1 Å². The second-order valence-electron chi connectivity index (χ2n) is 3.29. The summed E-state index contributed by atoms with van der Waals surface area (Å²) in [6.07, 6.45) is 3.81. The van der Waals surface area contributed by atoms with Crippen LogP contribution in [0.3, 0.4) is 0 Å². The molecular formula is C11H11ClN4S. The van der Waals surface area contributed by atoms with Gasteiger partial charge in [-0.05, 0) is 17.7 Å². The third-order valence-corrected chi connectivity index (χ3v) is 3.02. The zero-order valence-electron chi connectivity index (χ0n) is 8.88. The van der Waals surface area contributed by atoms with Gasteiger partial charge < -0.3 is 10.1 Å². The molecule has 0 radical (unpaired) electrons. The van der Waals surface area contributed by atoms with Gasteiger partial charge in [-0.15, -0.1) is 12.4 Å². The number of fused-ring (bicyclic) bond motifs is 1. The lowest BCUT2D eigenvalue weighted by Crippen LogP contribution is -2.03. The van der Waals surface area contributed by atoms with Crippen molar-refractivity contribution in [1.82, 2.24) is 4.40 Å². The van der Waals surface area contributed by atoms with Crippen LogP contribution in [0.5, 0.6) is 0 Å². The molecule has 2 heterocycles. The van der Waals surface area contributed by atoms with E-state index in [1.807, 2.05) is 35.0 Å². The molecule has 88 valence electrons. The van der Waals surface area contributed by atoms with E-state index in [0.717, 1.165) is 11.1 Å². The minimum absolute atomic E-state index is 0. The Morgan fingerprint density at radius 3 is 2.94 bits per heavy atom. The fourth-order valence-electron chi connectivity index (χ4n) is 1.57. The molecule has 2 rings (SSSR count). The average Bonchev–Trinajstić information content (AvgIpc) is 2.63. The molecule has 4 nitrogen and oxygen atoms in total. The van der Waals surface area contributed by atoms with Crippen LogP contribution in [0.25, 0.3) is 5.52 Å². The van der Waals surface area contributed by atoms with Gasteiger partial charge in [0.2, 0.25) is 0 Å². The van der Waals surface area contributed by atoms with Crippen molar-refractivity contribution in [2.75, 3.05) is 0 Å². The highest BCUT2D eigenvalue weighted by atomic mass is 35.5. The summed E-state index contributed by atoms with van der Waals surface area (Å²) in [7, 11) is 0. The van der Waals surface area contributed by atoms with Gasteiger partial charge in [0.15, 0.2) is 5.17 Å². The van der Waals surface area contributed by atoms with E-state index in [9.17, 15) is 0 Å². The van der Waals surface area contributed by atoms with E-state index in [1.54, 1.807) is 0 Å². The van der Waals surface area contributed by atoms with Crippen molar-refractivity contribution in [1.29, 1.82) is 10.7 Å². The van der Waals surface area contributed by atoms with Crippen molar-refractivity contribution in [3.8, 4) is 6.07 Å².